The maximum absolute atomic E-state index is 13.0. The van der Waals surface area contributed by atoms with Crippen molar-refractivity contribution in [1.29, 1.82) is 0 Å². The highest BCUT2D eigenvalue weighted by Gasteiger charge is 2.10. The highest BCUT2D eigenvalue weighted by atomic mass is 19.1. The number of aromatic nitrogens is 1. The highest BCUT2D eigenvalue weighted by Crippen LogP contribution is 2.29. The van der Waals surface area contributed by atoms with Gasteiger partial charge < -0.3 is 4.84 Å². The summed E-state index contributed by atoms with van der Waals surface area (Å²) in [5.41, 5.74) is 2.23. The van der Waals surface area contributed by atoms with E-state index in [1.807, 2.05) is 12.1 Å². The van der Waals surface area contributed by atoms with Crippen molar-refractivity contribution in [2.24, 2.45) is 5.90 Å². The third kappa shape index (κ3) is 2.32. The van der Waals surface area contributed by atoms with Crippen molar-refractivity contribution in [2.75, 3.05) is 0 Å². The van der Waals surface area contributed by atoms with Crippen molar-refractivity contribution in [1.82, 2.24) is 4.98 Å². The molecule has 4 heteroatoms. The van der Waals surface area contributed by atoms with Gasteiger partial charge in [-0.2, -0.15) is 5.90 Å². The summed E-state index contributed by atoms with van der Waals surface area (Å²) in [7, 11) is 0. The second kappa shape index (κ2) is 4.76. The second-order valence-corrected chi connectivity index (χ2v) is 3.47. The van der Waals surface area contributed by atoms with Crippen molar-refractivity contribution < 1.29 is 9.23 Å². The Bertz CT molecular complexity index is 540. The molecular formula is C13H11FN2O. The van der Waals surface area contributed by atoms with Gasteiger partial charge in [0.15, 0.2) is 5.75 Å². The number of hydrogen-bond acceptors (Lipinski definition) is 3. The summed E-state index contributed by atoms with van der Waals surface area (Å²) in [5.74, 6) is 4.97. The molecule has 0 saturated heterocycles. The van der Waals surface area contributed by atoms with E-state index in [1.165, 1.54) is 12.1 Å². The monoisotopic (exact) mass is 230 g/mol. The van der Waals surface area contributed by atoms with Crippen LogP contribution >= 0.6 is 0 Å². The first-order chi connectivity index (χ1) is 8.22. The number of benzene rings is 1. The maximum Gasteiger partial charge on any atom is 0.157 e. The zero-order chi connectivity index (χ0) is 12.3. The van der Waals surface area contributed by atoms with Gasteiger partial charge in [-0.25, -0.2) is 4.39 Å². The average molecular weight is 230 g/mol. The van der Waals surface area contributed by atoms with Gasteiger partial charge in [-0.1, -0.05) is 6.58 Å². The molecule has 0 aliphatic rings. The van der Waals surface area contributed by atoms with Gasteiger partial charge in [-0.3, -0.25) is 4.98 Å². The average Bonchev–Trinajstić information content (AvgIpc) is 2.39. The van der Waals surface area contributed by atoms with E-state index in [9.17, 15) is 4.39 Å². The van der Waals surface area contributed by atoms with Gasteiger partial charge in [0.05, 0.1) is 0 Å². The van der Waals surface area contributed by atoms with Crippen LogP contribution in [0.1, 0.15) is 11.1 Å². The number of rotatable bonds is 3. The predicted octanol–water partition coefficient (Wildman–Crippen LogP) is 2.53. The van der Waals surface area contributed by atoms with Crippen LogP contribution in [-0.2, 0) is 0 Å². The molecule has 3 nitrogen and oxygen atoms in total. The number of halogens is 1. The molecule has 0 fully saturated rings. The van der Waals surface area contributed by atoms with Gasteiger partial charge in [-0.15, -0.1) is 0 Å². The first kappa shape index (κ1) is 11.3. The highest BCUT2D eigenvalue weighted by molar-refractivity contribution is 5.80. The Morgan fingerprint density at radius 1 is 1.24 bits per heavy atom. The largest absolute Gasteiger partial charge is 0.411 e. The van der Waals surface area contributed by atoms with E-state index in [-0.39, 0.29) is 5.75 Å². The molecule has 0 radical (unpaired) electrons. The molecule has 0 amide bonds. The number of nitrogens with zero attached hydrogens (tertiary/aromatic N) is 1. The Morgan fingerprint density at radius 3 is 2.59 bits per heavy atom. The molecule has 0 atom stereocenters. The number of hydrogen-bond donors (Lipinski definition) is 1. The maximum atomic E-state index is 13.0. The molecule has 0 bridgehead atoms. The van der Waals surface area contributed by atoms with Crippen LogP contribution in [-0.4, -0.2) is 4.98 Å². The molecule has 0 saturated carbocycles. The lowest BCUT2D eigenvalue weighted by Crippen LogP contribution is -2.05. The molecule has 1 heterocycles. The molecule has 2 N–H and O–H groups in total. The molecule has 1 aromatic heterocycles. The van der Waals surface area contributed by atoms with Crippen LogP contribution in [0.15, 0.2) is 49.3 Å². The molecule has 0 spiro atoms. The van der Waals surface area contributed by atoms with Gasteiger partial charge in [0.1, 0.15) is 5.82 Å². The standard InChI is InChI=1S/C13H11FN2O/c1-9(10-4-6-16-7-5-10)12-3-2-11(14)8-13(12)17-15/h2-8H,1,15H2. The van der Waals surface area contributed by atoms with Crippen molar-refractivity contribution in [2.45, 2.75) is 0 Å². The fraction of sp³-hybridized carbons (Fsp3) is 0. The van der Waals surface area contributed by atoms with Crippen molar-refractivity contribution in [3.05, 3.63) is 66.2 Å². The van der Waals surface area contributed by atoms with Gasteiger partial charge in [0, 0.05) is 24.0 Å². The van der Waals surface area contributed by atoms with E-state index < -0.39 is 5.82 Å². The van der Waals surface area contributed by atoms with Crippen LogP contribution in [0.3, 0.4) is 0 Å². The van der Waals surface area contributed by atoms with Crippen LogP contribution in [0.2, 0.25) is 0 Å². The summed E-state index contributed by atoms with van der Waals surface area (Å²) >= 11 is 0. The van der Waals surface area contributed by atoms with Gasteiger partial charge >= 0.3 is 0 Å². The van der Waals surface area contributed by atoms with Crippen LogP contribution in [0.25, 0.3) is 5.57 Å². The van der Waals surface area contributed by atoms with Crippen molar-refractivity contribution in [3.8, 4) is 5.75 Å². The van der Waals surface area contributed by atoms with E-state index in [0.717, 1.165) is 5.56 Å². The summed E-state index contributed by atoms with van der Waals surface area (Å²) in [6, 6.07) is 7.77. The first-order valence-corrected chi connectivity index (χ1v) is 4.98. The minimum atomic E-state index is -0.406. The summed E-state index contributed by atoms with van der Waals surface area (Å²) in [5, 5.41) is 0. The topological polar surface area (TPSA) is 48.1 Å². The molecule has 2 aromatic rings. The Labute approximate surface area is 98.3 Å². The molecule has 0 aliphatic heterocycles. The van der Waals surface area contributed by atoms with Gasteiger partial charge in [0.2, 0.25) is 0 Å². The quantitative estimate of drug-likeness (QED) is 0.824. The van der Waals surface area contributed by atoms with E-state index in [4.69, 9.17) is 5.90 Å². The Balaban J connectivity index is 2.44. The molecule has 1 aromatic carbocycles. The van der Waals surface area contributed by atoms with E-state index in [1.54, 1.807) is 18.5 Å². The first-order valence-electron chi connectivity index (χ1n) is 4.98. The molecule has 2 rings (SSSR count). The zero-order valence-electron chi connectivity index (χ0n) is 9.06. The smallest absolute Gasteiger partial charge is 0.157 e. The molecular weight excluding hydrogens is 219 g/mol. The van der Waals surface area contributed by atoms with Crippen molar-refractivity contribution in [3.63, 3.8) is 0 Å². The van der Waals surface area contributed by atoms with Crippen LogP contribution in [0, 0.1) is 5.82 Å². The van der Waals surface area contributed by atoms with Crippen molar-refractivity contribution >= 4 is 5.57 Å². The van der Waals surface area contributed by atoms with E-state index >= 15 is 0 Å². The lowest BCUT2D eigenvalue weighted by molar-refractivity contribution is 0.331. The summed E-state index contributed by atoms with van der Waals surface area (Å²) < 4.78 is 13.0. The van der Waals surface area contributed by atoms with Crippen LogP contribution < -0.4 is 10.7 Å². The van der Waals surface area contributed by atoms with Gasteiger partial charge in [0.25, 0.3) is 0 Å². The molecule has 17 heavy (non-hydrogen) atoms. The zero-order valence-corrected chi connectivity index (χ0v) is 9.06. The Morgan fingerprint density at radius 2 is 1.94 bits per heavy atom. The minimum Gasteiger partial charge on any atom is -0.411 e. The molecule has 0 aliphatic carbocycles. The lowest BCUT2D eigenvalue weighted by Gasteiger charge is -2.10. The lowest BCUT2D eigenvalue weighted by atomic mass is 10.00. The second-order valence-electron chi connectivity index (χ2n) is 3.47. The third-order valence-corrected chi connectivity index (χ3v) is 2.42. The SMILES string of the molecule is C=C(c1ccncc1)c1ccc(F)cc1ON. The third-order valence-electron chi connectivity index (χ3n) is 2.42. The van der Waals surface area contributed by atoms with E-state index in [2.05, 4.69) is 16.4 Å². The minimum absolute atomic E-state index is 0.256. The van der Waals surface area contributed by atoms with Crippen LogP contribution in [0.5, 0.6) is 5.75 Å². The number of nitrogens with two attached hydrogens (primary N) is 1. The molecule has 0 unspecified atom stereocenters. The summed E-state index contributed by atoms with van der Waals surface area (Å²) in [6.45, 7) is 3.95. The Kier molecular flexibility index (Phi) is 3.16. The molecule has 86 valence electrons. The predicted molar refractivity (Wildman–Crippen MR) is 63.6 cm³/mol. The fourth-order valence-corrected chi connectivity index (χ4v) is 1.55. The van der Waals surface area contributed by atoms with E-state index in [0.29, 0.717) is 11.1 Å². The van der Waals surface area contributed by atoms with Gasteiger partial charge in [-0.05, 0) is 35.4 Å². The summed E-state index contributed by atoms with van der Waals surface area (Å²) in [6.07, 6.45) is 3.32. The normalized spacial score (nSPS) is 10.0. The number of pyridine rings is 1. The van der Waals surface area contributed by atoms with Crippen LogP contribution in [0.4, 0.5) is 4.39 Å². The summed E-state index contributed by atoms with van der Waals surface area (Å²) in [4.78, 5) is 8.57. The Hall–Kier alpha value is -2.20. The fourth-order valence-electron chi connectivity index (χ4n) is 1.55.